The highest BCUT2D eigenvalue weighted by molar-refractivity contribution is 7.23. The molecule has 3 N–H and O–H groups in total. The monoisotopic (exact) mass is 508 g/mol. The summed E-state index contributed by atoms with van der Waals surface area (Å²) < 4.78 is 16.2. The minimum Gasteiger partial charge on any atom is -0.493 e. The molecular weight excluding hydrogens is 491 g/mol. The molecular formula is C21H18Cl2N4O3S2. The first kappa shape index (κ1) is 22.5. The van der Waals surface area contributed by atoms with Crippen molar-refractivity contribution in [1.29, 1.82) is 0 Å². The lowest BCUT2D eigenvalue weighted by molar-refractivity contribution is 0.324. The zero-order chi connectivity index (χ0) is 22.8. The summed E-state index contributed by atoms with van der Waals surface area (Å²) in [5.74, 6) is 1.95. The largest absolute Gasteiger partial charge is 0.493 e. The number of thiazole rings is 2. The van der Waals surface area contributed by atoms with E-state index in [9.17, 15) is 0 Å². The van der Waals surface area contributed by atoms with Gasteiger partial charge in [0.15, 0.2) is 16.6 Å². The maximum atomic E-state index is 6.32. The second-order valence-corrected chi connectivity index (χ2v) is 9.14. The minimum atomic E-state index is 0.382. The molecule has 0 saturated carbocycles. The number of nitrogens with one attached hydrogen (secondary N) is 1. The summed E-state index contributed by atoms with van der Waals surface area (Å²) in [7, 11) is 4.68. The minimum absolute atomic E-state index is 0.382. The van der Waals surface area contributed by atoms with Crippen LogP contribution < -0.4 is 25.3 Å². The third kappa shape index (κ3) is 4.42. The first-order valence-corrected chi connectivity index (χ1v) is 11.6. The number of anilines is 3. The second-order valence-electron chi connectivity index (χ2n) is 6.43. The van der Waals surface area contributed by atoms with Crippen molar-refractivity contribution in [3.05, 3.63) is 45.8 Å². The molecule has 0 saturated heterocycles. The smallest absolute Gasteiger partial charge is 0.203 e. The van der Waals surface area contributed by atoms with Crippen LogP contribution in [0.4, 0.5) is 16.6 Å². The number of nitrogen functional groups attached to an aromatic ring is 1. The highest BCUT2D eigenvalue weighted by atomic mass is 35.5. The summed E-state index contributed by atoms with van der Waals surface area (Å²) in [6.45, 7) is 0. The molecule has 0 unspecified atom stereocenters. The van der Waals surface area contributed by atoms with Crippen molar-refractivity contribution in [1.82, 2.24) is 9.97 Å². The van der Waals surface area contributed by atoms with E-state index in [-0.39, 0.29) is 0 Å². The standard InChI is InChI=1S/C21H18Cl2N4O3S2/c1-28-15-7-11(8-16(29-2)17(15)30-3)25-21-27-19(24)18(32-21)20-26-14(9-31-20)12-5-4-10(22)6-13(12)23/h4-9H,24H2,1-3H3,(H,25,27). The number of hydrogen-bond donors (Lipinski definition) is 2. The third-order valence-electron chi connectivity index (χ3n) is 4.47. The average Bonchev–Trinajstić information content (AvgIpc) is 3.39. The van der Waals surface area contributed by atoms with E-state index >= 15 is 0 Å². The van der Waals surface area contributed by atoms with E-state index in [1.807, 2.05) is 11.4 Å². The molecule has 166 valence electrons. The number of aromatic nitrogens is 2. The van der Waals surface area contributed by atoms with E-state index < -0.39 is 0 Å². The topological polar surface area (TPSA) is 91.5 Å². The van der Waals surface area contributed by atoms with E-state index in [1.54, 1.807) is 45.6 Å². The Morgan fingerprint density at radius 2 is 1.69 bits per heavy atom. The lowest BCUT2D eigenvalue weighted by atomic mass is 10.2. The Bertz CT molecular complexity index is 1250. The Morgan fingerprint density at radius 3 is 2.31 bits per heavy atom. The van der Waals surface area contributed by atoms with E-state index in [1.165, 1.54) is 22.7 Å². The highest BCUT2D eigenvalue weighted by Crippen LogP contribution is 2.43. The molecule has 32 heavy (non-hydrogen) atoms. The van der Waals surface area contributed by atoms with Gasteiger partial charge in [-0.1, -0.05) is 34.5 Å². The number of hydrogen-bond acceptors (Lipinski definition) is 9. The highest BCUT2D eigenvalue weighted by Gasteiger charge is 2.18. The number of ether oxygens (including phenoxy) is 3. The van der Waals surface area contributed by atoms with Gasteiger partial charge in [-0.25, -0.2) is 9.97 Å². The molecule has 0 spiro atoms. The number of halogens is 2. The quantitative estimate of drug-likeness (QED) is 0.290. The molecule has 0 amide bonds. The summed E-state index contributed by atoms with van der Waals surface area (Å²) in [4.78, 5) is 9.90. The lowest BCUT2D eigenvalue weighted by Crippen LogP contribution is -1.97. The molecule has 2 aromatic carbocycles. The summed E-state index contributed by atoms with van der Waals surface area (Å²) in [5, 5.41) is 7.63. The van der Waals surface area contributed by atoms with Crippen molar-refractivity contribution < 1.29 is 14.2 Å². The first-order valence-electron chi connectivity index (χ1n) is 9.18. The molecule has 4 aromatic rings. The summed E-state index contributed by atoms with van der Waals surface area (Å²) in [6.07, 6.45) is 0. The van der Waals surface area contributed by atoms with Gasteiger partial charge in [0.25, 0.3) is 0 Å². The van der Waals surface area contributed by atoms with Crippen molar-refractivity contribution in [3.8, 4) is 38.4 Å². The van der Waals surface area contributed by atoms with Gasteiger partial charge in [-0.15, -0.1) is 11.3 Å². The predicted octanol–water partition coefficient (Wildman–Crippen LogP) is 6.59. The number of benzene rings is 2. The predicted molar refractivity (Wildman–Crippen MR) is 132 cm³/mol. The van der Waals surface area contributed by atoms with E-state index in [0.717, 1.165) is 21.1 Å². The van der Waals surface area contributed by atoms with Crippen molar-refractivity contribution in [2.45, 2.75) is 0 Å². The van der Waals surface area contributed by atoms with Gasteiger partial charge in [0.1, 0.15) is 15.7 Å². The van der Waals surface area contributed by atoms with Gasteiger partial charge in [0, 0.05) is 33.8 Å². The zero-order valence-corrected chi connectivity index (χ0v) is 20.4. The molecule has 2 aromatic heterocycles. The van der Waals surface area contributed by atoms with Crippen LogP contribution >= 0.6 is 45.9 Å². The number of nitrogens with two attached hydrogens (primary N) is 1. The van der Waals surface area contributed by atoms with Crippen LogP contribution in [0.1, 0.15) is 0 Å². The maximum absolute atomic E-state index is 6.32. The van der Waals surface area contributed by atoms with Crippen LogP contribution in [0.15, 0.2) is 35.7 Å². The van der Waals surface area contributed by atoms with Crippen LogP contribution in [0.2, 0.25) is 10.0 Å². The molecule has 11 heteroatoms. The van der Waals surface area contributed by atoms with Gasteiger partial charge in [-0.2, -0.15) is 0 Å². The lowest BCUT2D eigenvalue weighted by Gasteiger charge is -2.14. The number of nitrogens with zero attached hydrogens (tertiary/aromatic N) is 2. The fourth-order valence-corrected chi connectivity index (χ4v) is 5.34. The Morgan fingerprint density at radius 1 is 0.969 bits per heavy atom. The second kappa shape index (κ2) is 9.41. The van der Waals surface area contributed by atoms with Crippen LogP contribution in [0.25, 0.3) is 21.1 Å². The summed E-state index contributed by atoms with van der Waals surface area (Å²) in [6, 6.07) is 8.91. The fourth-order valence-electron chi connectivity index (χ4n) is 3.01. The normalized spacial score (nSPS) is 10.8. The van der Waals surface area contributed by atoms with E-state index in [4.69, 9.17) is 48.1 Å². The van der Waals surface area contributed by atoms with Gasteiger partial charge < -0.3 is 25.3 Å². The molecule has 0 fully saturated rings. The van der Waals surface area contributed by atoms with Gasteiger partial charge in [0.05, 0.1) is 32.0 Å². The molecule has 4 rings (SSSR count). The summed E-state index contributed by atoms with van der Waals surface area (Å²) in [5.41, 5.74) is 8.46. The third-order valence-corrected chi connectivity index (χ3v) is 7.00. The Hall–Kier alpha value is -2.72. The molecule has 0 aliphatic heterocycles. The van der Waals surface area contributed by atoms with Crippen molar-refractivity contribution in [3.63, 3.8) is 0 Å². The van der Waals surface area contributed by atoms with Crippen molar-refractivity contribution in [2.75, 3.05) is 32.4 Å². The average molecular weight is 509 g/mol. The number of rotatable bonds is 7. The Kier molecular flexibility index (Phi) is 6.61. The molecule has 0 bridgehead atoms. The van der Waals surface area contributed by atoms with Crippen LogP contribution in [0.3, 0.4) is 0 Å². The van der Waals surface area contributed by atoms with Crippen LogP contribution in [-0.2, 0) is 0 Å². The molecule has 0 atom stereocenters. The van der Waals surface area contributed by atoms with E-state index in [0.29, 0.717) is 43.9 Å². The van der Waals surface area contributed by atoms with Crippen molar-refractivity contribution in [2.24, 2.45) is 0 Å². The number of methoxy groups -OCH3 is 3. The molecule has 0 aliphatic rings. The van der Waals surface area contributed by atoms with Gasteiger partial charge >= 0.3 is 0 Å². The first-order chi connectivity index (χ1) is 15.4. The van der Waals surface area contributed by atoms with E-state index in [2.05, 4.69) is 10.3 Å². The SMILES string of the molecule is COc1cc(Nc2nc(N)c(-c3nc(-c4ccc(Cl)cc4Cl)cs3)s2)cc(OC)c1OC. The Labute approximate surface area is 202 Å². The van der Waals surface area contributed by atoms with Crippen LogP contribution in [-0.4, -0.2) is 31.3 Å². The summed E-state index contributed by atoms with van der Waals surface area (Å²) >= 11 is 15.2. The van der Waals surface area contributed by atoms with Crippen molar-refractivity contribution >= 4 is 62.5 Å². The molecule has 7 nitrogen and oxygen atoms in total. The fraction of sp³-hybridized carbons (Fsp3) is 0.143. The zero-order valence-electron chi connectivity index (χ0n) is 17.2. The molecule has 2 heterocycles. The molecule has 0 aliphatic carbocycles. The van der Waals surface area contributed by atoms with Gasteiger partial charge in [-0.05, 0) is 18.2 Å². The Balaban J connectivity index is 1.63. The molecule has 0 radical (unpaired) electrons. The maximum Gasteiger partial charge on any atom is 0.203 e. The van der Waals surface area contributed by atoms with Gasteiger partial charge in [-0.3, -0.25) is 0 Å². The van der Waals surface area contributed by atoms with Gasteiger partial charge in [0.2, 0.25) is 5.75 Å². The van der Waals surface area contributed by atoms with Crippen LogP contribution in [0.5, 0.6) is 17.2 Å². The van der Waals surface area contributed by atoms with Crippen LogP contribution in [0, 0.1) is 0 Å².